The second-order valence-corrected chi connectivity index (χ2v) is 10.00. The molecule has 1 amide bonds. The van der Waals surface area contributed by atoms with Gasteiger partial charge in [-0.25, -0.2) is 8.42 Å². The van der Waals surface area contributed by atoms with Crippen LogP contribution in [0.3, 0.4) is 0 Å². The van der Waals surface area contributed by atoms with Crippen LogP contribution in [0.4, 0.5) is 11.4 Å². The van der Waals surface area contributed by atoms with Gasteiger partial charge < -0.3 is 14.5 Å². The van der Waals surface area contributed by atoms with Crippen molar-refractivity contribution >= 4 is 27.3 Å². The summed E-state index contributed by atoms with van der Waals surface area (Å²) in [6, 6.07) is 12.0. The zero-order chi connectivity index (χ0) is 22.0. The summed E-state index contributed by atoms with van der Waals surface area (Å²) in [4.78, 5) is 16.0. The number of anilines is 2. The molecule has 166 valence electrons. The van der Waals surface area contributed by atoms with Crippen LogP contribution < -0.4 is 14.4 Å². The topological polar surface area (TPSA) is 79.0 Å². The fourth-order valence-corrected chi connectivity index (χ4v) is 5.29. The highest BCUT2D eigenvalue weighted by molar-refractivity contribution is 7.92. The maximum atomic E-state index is 12.9. The molecule has 1 saturated heterocycles. The van der Waals surface area contributed by atoms with Gasteiger partial charge in [0.05, 0.1) is 4.90 Å². The first-order valence-corrected chi connectivity index (χ1v) is 12.2. The highest BCUT2D eigenvalue weighted by atomic mass is 32.2. The number of ether oxygens (including phenoxy) is 1. The van der Waals surface area contributed by atoms with Gasteiger partial charge in [0, 0.05) is 37.9 Å². The molecule has 2 aliphatic heterocycles. The van der Waals surface area contributed by atoms with Gasteiger partial charge in [0.25, 0.3) is 10.0 Å². The average Bonchev–Trinajstić information content (AvgIpc) is 2.75. The third-order valence-electron chi connectivity index (χ3n) is 5.93. The zero-order valence-corrected chi connectivity index (χ0v) is 18.8. The molecule has 1 fully saturated rings. The van der Waals surface area contributed by atoms with Gasteiger partial charge >= 0.3 is 0 Å². The lowest BCUT2D eigenvalue weighted by Gasteiger charge is -2.29. The monoisotopic (exact) mass is 443 g/mol. The molecule has 0 radical (unpaired) electrons. The number of sulfonamides is 1. The van der Waals surface area contributed by atoms with Crippen LogP contribution in [0.2, 0.25) is 0 Å². The molecular weight excluding hydrogens is 414 g/mol. The Labute approximate surface area is 184 Å². The first-order valence-electron chi connectivity index (χ1n) is 10.7. The Kier molecular flexibility index (Phi) is 6.20. The first-order chi connectivity index (χ1) is 14.8. The lowest BCUT2D eigenvalue weighted by atomic mass is 10.0. The van der Waals surface area contributed by atoms with Crippen molar-refractivity contribution in [2.45, 2.75) is 43.6 Å². The number of hydrogen-bond acceptors (Lipinski definition) is 5. The molecule has 31 heavy (non-hydrogen) atoms. The molecule has 0 aliphatic carbocycles. The van der Waals surface area contributed by atoms with Crippen LogP contribution in [0.15, 0.2) is 47.4 Å². The summed E-state index contributed by atoms with van der Waals surface area (Å²) in [6.07, 6.45) is 3.76. The number of piperidine rings is 1. The highest BCUT2D eigenvalue weighted by Crippen LogP contribution is 2.30. The summed E-state index contributed by atoms with van der Waals surface area (Å²) in [5.41, 5.74) is 2.16. The highest BCUT2D eigenvalue weighted by Gasteiger charge is 2.23. The van der Waals surface area contributed by atoms with Crippen LogP contribution >= 0.6 is 0 Å². The molecule has 0 aromatic heterocycles. The van der Waals surface area contributed by atoms with Gasteiger partial charge in [-0.3, -0.25) is 9.52 Å². The summed E-state index contributed by atoms with van der Waals surface area (Å²) in [5, 5.41) is 0. The summed E-state index contributed by atoms with van der Waals surface area (Å²) in [5.74, 6) is 0.716. The third-order valence-corrected chi connectivity index (χ3v) is 7.31. The summed E-state index contributed by atoms with van der Waals surface area (Å²) in [7, 11) is -1.62. The number of nitrogens with one attached hydrogen (secondary N) is 1. The number of rotatable bonds is 5. The summed E-state index contributed by atoms with van der Waals surface area (Å²) >= 11 is 0. The Morgan fingerprint density at radius 3 is 2.45 bits per heavy atom. The van der Waals surface area contributed by atoms with Gasteiger partial charge in [-0.1, -0.05) is 0 Å². The van der Waals surface area contributed by atoms with E-state index in [4.69, 9.17) is 4.74 Å². The molecule has 4 rings (SSSR count). The number of likely N-dealkylation sites (tertiary alicyclic amines) is 1. The fraction of sp³-hybridized carbons (Fsp3) is 0.435. The van der Waals surface area contributed by atoms with Crippen molar-refractivity contribution in [1.29, 1.82) is 0 Å². The van der Waals surface area contributed by atoms with Gasteiger partial charge in [0.2, 0.25) is 5.91 Å². The molecule has 0 saturated carbocycles. The molecule has 8 heteroatoms. The Morgan fingerprint density at radius 1 is 1.06 bits per heavy atom. The van der Waals surface area contributed by atoms with Gasteiger partial charge in [0.15, 0.2) is 0 Å². The lowest BCUT2D eigenvalue weighted by molar-refractivity contribution is -0.116. The minimum atomic E-state index is -3.73. The summed E-state index contributed by atoms with van der Waals surface area (Å²) < 4.78 is 34.5. The van der Waals surface area contributed by atoms with Gasteiger partial charge in [-0.15, -0.1) is 0 Å². The summed E-state index contributed by atoms with van der Waals surface area (Å²) in [6.45, 7) is 4.24. The molecule has 0 unspecified atom stereocenters. The largest absolute Gasteiger partial charge is 0.490 e. The Morgan fingerprint density at radius 2 is 1.77 bits per heavy atom. The van der Waals surface area contributed by atoms with Crippen molar-refractivity contribution in [3.05, 3.63) is 48.0 Å². The Balaban J connectivity index is 1.44. The molecule has 2 aromatic rings. The zero-order valence-electron chi connectivity index (χ0n) is 18.0. The number of benzene rings is 2. The van der Waals surface area contributed by atoms with Gasteiger partial charge in [0.1, 0.15) is 11.9 Å². The van der Waals surface area contributed by atoms with Crippen LogP contribution in [0, 0.1) is 0 Å². The second-order valence-electron chi connectivity index (χ2n) is 8.32. The van der Waals surface area contributed by atoms with Crippen molar-refractivity contribution in [3.63, 3.8) is 0 Å². The predicted molar refractivity (Wildman–Crippen MR) is 121 cm³/mol. The van der Waals surface area contributed by atoms with Crippen LogP contribution in [0.5, 0.6) is 5.75 Å². The molecule has 0 spiro atoms. The van der Waals surface area contributed by atoms with E-state index in [2.05, 4.69) is 16.7 Å². The Hall–Kier alpha value is -2.58. The van der Waals surface area contributed by atoms with Crippen molar-refractivity contribution in [3.8, 4) is 5.75 Å². The number of carbonyl (C=O) groups excluding carboxylic acids is 1. The van der Waals surface area contributed by atoms with Crippen molar-refractivity contribution in [2.24, 2.45) is 0 Å². The van der Waals surface area contributed by atoms with E-state index in [0.717, 1.165) is 55.8 Å². The number of carbonyl (C=O) groups is 1. The van der Waals surface area contributed by atoms with Crippen molar-refractivity contribution in [1.82, 2.24) is 4.90 Å². The van der Waals surface area contributed by atoms with E-state index in [1.54, 1.807) is 47.4 Å². The van der Waals surface area contributed by atoms with E-state index in [1.165, 1.54) is 6.92 Å². The number of hydrogen-bond donors (Lipinski definition) is 1. The minimum absolute atomic E-state index is 0.0303. The van der Waals surface area contributed by atoms with Crippen LogP contribution in [0.1, 0.15) is 31.7 Å². The third kappa shape index (κ3) is 5.02. The number of nitrogens with zero attached hydrogens (tertiary/aromatic N) is 2. The Bertz CT molecular complexity index is 1040. The molecule has 0 bridgehead atoms. The van der Waals surface area contributed by atoms with E-state index in [1.807, 2.05) is 0 Å². The number of fused-ring (bicyclic) bond motifs is 1. The van der Waals surface area contributed by atoms with E-state index in [9.17, 15) is 13.2 Å². The van der Waals surface area contributed by atoms with Crippen LogP contribution in [-0.2, 0) is 21.2 Å². The normalized spacial score (nSPS) is 17.8. The molecule has 1 N–H and O–H groups in total. The number of aryl methyl sites for hydroxylation is 1. The SMILES string of the molecule is CC(=O)N1CCCc2cc(S(=O)(=O)Nc3ccc(OC4CCN(C)CC4)cc3)ccc21. The molecular formula is C23H29N3O4S. The molecule has 2 heterocycles. The average molecular weight is 444 g/mol. The van der Waals surface area contributed by atoms with E-state index in [-0.39, 0.29) is 16.9 Å². The molecule has 2 aliphatic rings. The fourth-order valence-electron chi connectivity index (χ4n) is 4.18. The quantitative estimate of drug-likeness (QED) is 0.767. The molecule has 7 nitrogen and oxygen atoms in total. The second kappa shape index (κ2) is 8.88. The standard InChI is InChI=1S/C23H29N3O4S/c1-17(27)26-13-3-4-18-16-22(9-10-23(18)26)31(28,29)24-19-5-7-20(8-6-19)30-21-11-14-25(2)15-12-21/h5-10,16,21,24H,3-4,11-15H2,1-2H3. The predicted octanol–water partition coefficient (Wildman–Crippen LogP) is 3.26. The van der Waals surface area contributed by atoms with Crippen LogP contribution in [-0.4, -0.2) is 52.0 Å². The molecule has 0 atom stereocenters. The van der Waals surface area contributed by atoms with Crippen molar-refractivity contribution < 1.29 is 17.9 Å². The van der Waals surface area contributed by atoms with E-state index in [0.29, 0.717) is 12.2 Å². The first kappa shape index (κ1) is 21.6. The van der Waals surface area contributed by atoms with Crippen LogP contribution in [0.25, 0.3) is 0 Å². The maximum Gasteiger partial charge on any atom is 0.261 e. The van der Waals surface area contributed by atoms with Gasteiger partial charge in [-0.2, -0.15) is 0 Å². The molecule has 2 aromatic carbocycles. The van der Waals surface area contributed by atoms with Crippen molar-refractivity contribution in [2.75, 3.05) is 36.3 Å². The minimum Gasteiger partial charge on any atom is -0.490 e. The number of amides is 1. The lowest BCUT2D eigenvalue weighted by Crippen LogP contribution is -2.35. The van der Waals surface area contributed by atoms with Gasteiger partial charge in [-0.05, 0) is 80.8 Å². The van der Waals surface area contributed by atoms with E-state index < -0.39 is 10.0 Å². The smallest absolute Gasteiger partial charge is 0.261 e. The maximum absolute atomic E-state index is 12.9. The van der Waals surface area contributed by atoms with E-state index >= 15 is 0 Å².